The number of nitrogens with zero attached hydrogens (tertiary/aromatic N) is 1. The van der Waals surface area contributed by atoms with Crippen molar-refractivity contribution in [3.05, 3.63) is 36.2 Å². The summed E-state index contributed by atoms with van der Waals surface area (Å²) >= 11 is 0. The quantitative estimate of drug-likeness (QED) is 0.906. The highest BCUT2D eigenvalue weighted by Gasteiger charge is 2.24. The SMILES string of the molecule is COc1ccc2ccnc(C(CC(C)C)C(=O)O)c2c1. The van der Waals surface area contributed by atoms with Gasteiger partial charge in [-0.3, -0.25) is 9.78 Å². The first kappa shape index (κ1) is 14.3. The maximum absolute atomic E-state index is 11.6. The van der Waals surface area contributed by atoms with Crippen LogP contribution in [0, 0.1) is 5.92 Å². The van der Waals surface area contributed by atoms with E-state index in [0.29, 0.717) is 23.8 Å². The van der Waals surface area contributed by atoms with Crippen LogP contribution in [0.15, 0.2) is 30.5 Å². The summed E-state index contributed by atoms with van der Waals surface area (Å²) in [5.74, 6) is -0.425. The number of aliphatic carboxylic acids is 1. The van der Waals surface area contributed by atoms with Gasteiger partial charge >= 0.3 is 5.97 Å². The fraction of sp³-hybridized carbons (Fsp3) is 0.375. The van der Waals surface area contributed by atoms with Crippen molar-refractivity contribution < 1.29 is 14.6 Å². The van der Waals surface area contributed by atoms with Crippen molar-refractivity contribution in [2.75, 3.05) is 7.11 Å². The molecule has 0 saturated heterocycles. The Labute approximate surface area is 118 Å². The lowest BCUT2D eigenvalue weighted by molar-refractivity contribution is -0.139. The molecule has 4 heteroatoms. The molecular weight excluding hydrogens is 254 g/mol. The summed E-state index contributed by atoms with van der Waals surface area (Å²) in [6.45, 7) is 4.03. The molecule has 1 aromatic carbocycles. The zero-order chi connectivity index (χ0) is 14.7. The standard InChI is InChI=1S/C16H19NO3/c1-10(2)8-14(16(18)19)15-13-9-12(20-3)5-4-11(13)6-7-17-15/h4-7,9-10,14H,8H2,1-3H3,(H,18,19). The highest BCUT2D eigenvalue weighted by atomic mass is 16.5. The van der Waals surface area contributed by atoms with Crippen molar-refractivity contribution in [2.24, 2.45) is 5.92 Å². The Morgan fingerprint density at radius 3 is 2.70 bits per heavy atom. The molecular formula is C16H19NO3. The Kier molecular flexibility index (Phi) is 4.23. The fourth-order valence-corrected chi connectivity index (χ4v) is 2.38. The second-order valence-electron chi connectivity index (χ2n) is 5.30. The van der Waals surface area contributed by atoms with Crippen LogP contribution < -0.4 is 4.74 Å². The van der Waals surface area contributed by atoms with Crippen molar-refractivity contribution in [3.8, 4) is 5.75 Å². The molecule has 0 saturated carbocycles. The Bertz CT molecular complexity index is 622. The number of aromatic nitrogens is 1. The number of methoxy groups -OCH3 is 1. The van der Waals surface area contributed by atoms with E-state index in [1.54, 1.807) is 13.3 Å². The summed E-state index contributed by atoms with van der Waals surface area (Å²) in [7, 11) is 1.60. The summed E-state index contributed by atoms with van der Waals surface area (Å²) in [5.41, 5.74) is 0.614. The average molecular weight is 273 g/mol. The van der Waals surface area contributed by atoms with Crippen molar-refractivity contribution >= 4 is 16.7 Å². The zero-order valence-corrected chi connectivity index (χ0v) is 12.0. The second-order valence-corrected chi connectivity index (χ2v) is 5.30. The van der Waals surface area contributed by atoms with E-state index in [1.807, 2.05) is 38.1 Å². The molecule has 0 spiro atoms. The predicted octanol–water partition coefficient (Wildman–Crippen LogP) is 3.46. The van der Waals surface area contributed by atoms with Gasteiger partial charge in [0.25, 0.3) is 0 Å². The molecule has 20 heavy (non-hydrogen) atoms. The van der Waals surface area contributed by atoms with E-state index in [4.69, 9.17) is 4.74 Å². The molecule has 1 unspecified atom stereocenters. The molecule has 0 aliphatic carbocycles. The number of benzene rings is 1. The van der Waals surface area contributed by atoms with Gasteiger partial charge in [-0.15, -0.1) is 0 Å². The summed E-state index contributed by atoms with van der Waals surface area (Å²) in [6, 6.07) is 7.53. The molecule has 0 aliphatic rings. The largest absolute Gasteiger partial charge is 0.497 e. The van der Waals surface area contributed by atoms with Gasteiger partial charge in [0.05, 0.1) is 18.7 Å². The van der Waals surface area contributed by atoms with E-state index < -0.39 is 11.9 Å². The normalized spacial score (nSPS) is 12.6. The number of pyridine rings is 1. The number of hydrogen-bond donors (Lipinski definition) is 1. The lowest BCUT2D eigenvalue weighted by Gasteiger charge is -2.16. The molecule has 1 aromatic heterocycles. The van der Waals surface area contributed by atoms with Crippen LogP contribution in [-0.4, -0.2) is 23.2 Å². The molecule has 0 bridgehead atoms. The first-order chi connectivity index (χ1) is 9.52. The Balaban J connectivity index is 2.58. The highest BCUT2D eigenvalue weighted by Crippen LogP contribution is 2.30. The molecule has 4 nitrogen and oxygen atoms in total. The molecule has 0 radical (unpaired) electrons. The molecule has 0 fully saturated rings. The number of ether oxygens (including phenoxy) is 1. The van der Waals surface area contributed by atoms with Crippen molar-refractivity contribution in [2.45, 2.75) is 26.2 Å². The van der Waals surface area contributed by atoms with Crippen molar-refractivity contribution in [3.63, 3.8) is 0 Å². The molecule has 0 aliphatic heterocycles. The van der Waals surface area contributed by atoms with E-state index in [0.717, 1.165) is 10.8 Å². The van der Waals surface area contributed by atoms with Crippen LogP contribution in [0.5, 0.6) is 5.75 Å². The molecule has 1 atom stereocenters. The third kappa shape index (κ3) is 2.90. The molecule has 1 N–H and O–H groups in total. The summed E-state index contributed by atoms with van der Waals surface area (Å²) < 4.78 is 5.22. The number of hydrogen-bond acceptors (Lipinski definition) is 3. The minimum Gasteiger partial charge on any atom is -0.497 e. The predicted molar refractivity (Wildman–Crippen MR) is 78.1 cm³/mol. The van der Waals surface area contributed by atoms with E-state index in [2.05, 4.69) is 4.98 Å². The molecule has 2 aromatic rings. The Morgan fingerprint density at radius 2 is 2.10 bits per heavy atom. The van der Waals surface area contributed by atoms with Gasteiger partial charge in [0.1, 0.15) is 5.75 Å². The minimum atomic E-state index is -0.832. The number of carboxylic acid groups (broad SMARTS) is 1. The van der Waals surface area contributed by atoms with Crippen LogP contribution in [0.2, 0.25) is 0 Å². The van der Waals surface area contributed by atoms with Crippen molar-refractivity contribution in [1.82, 2.24) is 4.98 Å². The molecule has 1 heterocycles. The van der Waals surface area contributed by atoms with E-state index in [1.165, 1.54) is 0 Å². The lowest BCUT2D eigenvalue weighted by Crippen LogP contribution is -2.15. The van der Waals surface area contributed by atoms with E-state index in [9.17, 15) is 9.90 Å². The maximum Gasteiger partial charge on any atom is 0.312 e. The van der Waals surface area contributed by atoms with Gasteiger partial charge in [0.2, 0.25) is 0 Å². The monoisotopic (exact) mass is 273 g/mol. The number of rotatable bonds is 5. The second kappa shape index (κ2) is 5.90. The smallest absolute Gasteiger partial charge is 0.312 e. The first-order valence-electron chi connectivity index (χ1n) is 6.68. The minimum absolute atomic E-state index is 0.291. The third-order valence-corrected chi connectivity index (χ3v) is 3.34. The van der Waals surface area contributed by atoms with Gasteiger partial charge in [-0.1, -0.05) is 19.9 Å². The summed E-state index contributed by atoms with van der Waals surface area (Å²) in [6.07, 6.45) is 2.24. The van der Waals surface area contributed by atoms with Gasteiger partial charge < -0.3 is 9.84 Å². The number of carbonyl (C=O) groups is 1. The first-order valence-corrected chi connectivity index (χ1v) is 6.68. The van der Waals surface area contributed by atoms with Gasteiger partial charge in [0.15, 0.2) is 0 Å². The molecule has 0 amide bonds. The lowest BCUT2D eigenvalue weighted by atomic mass is 9.91. The van der Waals surface area contributed by atoms with Crippen LogP contribution in [0.1, 0.15) is 31.9 Å². The highest BCUT2D eigenvalue weighted by molar-refractivity contribution is 5.90. The van der Waals surface area contributed by atoms with Gasteiger partial charge in [-0.25, -0.2) is 0 Å². The van der Waals surface area contributed by atoms with Crippen LogP contribution in [0.25, 0.3) is 10.8 Å². The molecule has 106 valence electrons. The topological polar surface area (TPSA) is 59.4 Å². The van der Waals surface area contributed by atoms with E-state index >= 15 is 0 Å². The van der Waals surface area contributed by atoms with Crippen LogP contribution in [0.3, 0.4) is 0 Å². The third-order valence-electron chi connectivity index (χ3n) is 3.34. The maximum atomic E-state index is 11.6. The zero-order valence-electron chi connectivity index (χ0n) is 12.0. The Morgan fingerprint density at radius 1 is 1.35 bits per heavy atom. The van der Waals surface area contributed by atoms with Gasteiger partial charge in [0, 0.05) is 11.6 Å². The number of fused-ring (bicyclic) bond motifs is 1. The van der Waals surface area contributed by atoms with E-state index in [-0.39, 0.29) is 0 Å². The van der Waals surface area contributed by atoms with Crippen LogP contribution in [0.4, 0.5) is 0 Å². The van der Waals surface area contributed by atoms with Gasteiger partial charge in [-0.05, 0) is 35.9 Å². The Hall–Kier alpha value is -2.10. The number of carboxylic acids is 1. The fourth-order valence-electron chi connectivity index (χ4n) is 2.38. The molecule has 2 rings (SSSR count). The van der Waals surface area contributed by atoms with Gasteiger partial charge in [-0.2, -0.15) is 0 Å². The summed E-state index contributed by atoms with van der Waals surface area (Å²) in [5, 5.41) is 11.3. The van der Waals surface area contributed by atoms with Crippen molar-refractivity contribution in [1.29, 1.82) is 0 Å². The van der Waals surface area contributed by atoms with Crippen LogP contribution >= 0.6 is 0 Å². The average Bonchev–Trinajstić information content (AvgIpc) is 2.43. The summed E-state index contributed by atoms with van der Waals surface area (Å²) in [4.78, 5) is 15.9. The van der Waals surface area contributed by atoms with Crippen LogP contribution in [-0.2, 0) is 4.79 Å².